The summed E-state index contributed by atoms with van der Waals surface area (Å²) in [5.41, 5.74) is 1.46. The number of rotatable bonds is 9. The molecule has 6 heteroatoms. The molecule has 0 heterocycles. The molecule has 5 nitrogen and oxygen atoms in total. The third kappa shape index (κ3) is 7.41. The summed E-state index contributed by atoms with van der Waals surface area (Å²) in [5.74, 6) is -0.476. The lowest BCUT2D eigenvalue weighted by Crippen LogP contribution is -2.48. The van der Waals surface area contributed by atoms with Crippen molar-refractivity contribution in [2.24, 2.45) is 0 Å². The van der Waals surface area contributed by atoms with Crippen LogP contribution in [0.2, 0.25) is 5.02 Å². The van der Waals surface area contributed by atoms with Gasteiger partial charge in [0.1, 0.15) is 6.04 Å². The normalized spacial score (nSPS) is 11.9. The zero-order valence-electron chi connectivity index (χ0n) is 15.7. The van der Waals surface area contributed by atoms with Crippen LogP contribution in [0.1, 0.15) is 22.3 Å². The lowest BCUT2D eigenvalue weighted by Gasteiger charge is -2.19. The van der Waals surface area contributed by atoms with E-state index in [1.165, 1.54) is 0 Å². The largest absolute Gasteiger partial charge is 0.354 e. The molecule has 2 rings (SSSR count). The zero-order valence-corrected chi connectivity index (χ0v) is 16.5. The van der Waals surface area contributed by atoms with E-state index in [4.69, 9.17) is 11.6 Å². The third-order valence-electron chi connectivity index (χ3n) is 4.09. The van der Waals surface area contributed by atoms with Crippen LogP contribution in [0.25, 0.3) is 0 Å². The molecule has 0 aliphatic heterocycles. The Morgan fingerprint density at radius 1 is 1.04 bits per heavy atom. The summed E-state index contributed by atoms with van der Waals surface area (Å²) in [4.78, 5) is 27.3. The summed E-state index contributed by atoms with van der Waals surface area (Å²) in [6, 6.07) is 15.6. The molecule has 0 aliphatic rings. The summed E-state index contributed by atoms with van der Waals surface area (Å²) in [5, 5.41) is 6.33. The molecule has 1 unspecified atom stereocenters. The van der Waals surface area contributed by atoms with Gasteiger partial charge in [-0.1, -0.05) is 41.9 Å². The van der Waals surface area contributed by atoms with E-state index in [0.717, 1.165) is 18.5 Å². The summed E-state index contributed by atoms with van der Waals surface area (Å²) in [6.07, 6.45) is 1.28. The summed E-state index contributed by atoms with van der Waals surface area (Å²) in [6.45, 7) is 1.46. The molecule has 0 radical (unpaired) electrons. The van der Waals surface area contributed by atoms with Crippen LogP contribution in [0.5, 0.6) is 0 Å². The van der Waals surface area contributed by atoms with Crippen LogP contribution in [0.15, 0.2) is 54.6 Å². The van der Waals surface area contributed by atoms with Crippen LogP contribution in [-0.4, -0.2) is 49.9 Å². The van der Waals surface area contributed by atoms with Crippen LogP contribution in [0, 0.1) is 0 Å². The van der Waals surface area contributed by atoms with Crippen LogP contribution < -0.4 is 10.6 Å². The molecule has 0 aromatic heterocycles. The molecule has 0 fully saturated rings. The average Bonchev–Trinajstić information content (AvgIpc) is 2.65. The number of carbonyl (C=O) groups is 2. The van der Waals surface area contributed by atoms with Crippen molar-refractivity contribution in [3.05, 3.63) is 70.7 Å². The Kier molecular flexibility index (Phi) is 8.30. The molecule has 2 amide bonds. The number of hydrogen-bond acceptors (Lipinski definition) is 3. The fraction of sp³-hybridized carbons (Fsp3) is 0.333. The van der Waals surface area contributed by atoms with E-state index in [2.05, 4.69) is 15.5 Å². The molecule has 27 heavy (non-hydrogen) atoms. The molecule has 2 N–H and O–H groups in total. The molecular weight excluding hydrogens is 362 g/mol. The maximum Gasteiger partial charge on any atom is 0.251 e. The van der Waals surface area contributed by atoms with Gasteiger partial charge in [-0.05, 0) is 56.9 Å². The van der Waals surface area contributed by atoms with Gasteiger partial charge >= 0.3 is 0 Å². The van der Waals surface area contributed by atoms with Gasteiger partial charge in [-0.15, -0.1) is 0 Å². The number of halogens is 1. The number of amides is 2. The minimum absolute atomic E-state index is 0.181. The molecule has 2 aromatic rings. The number of benzene rings is 2. The van der Waals surface area contributed by atoms with Crippen LogP contribution in [0.4, 0.5) is 0 Å². The second kappa shape index (κ2) is 10.7. The van der Waals surface area contributed by atoms with Crippen molar-refractivity contribution in [1.82, 2.24) is 15.5 Å². The van der Waals surface area contributed by atoms with Crippen LogP contribution >= 0.6 is 11.6 Å². The highest BCUT2D eigenvalue weighted by molar-refractivity contribution is 6.30. The summed E-state index contributed by atoms with van der Waals surface area (Å²) in [7, 11) is 3.98. The van der Waals surface area contributed by atoms with Crippen LogP contribution in [0.3, 0.4) is 0 Å². The van der Waals surface area contributed by atoms with Gasteiger partial charge in [0, 0.05) is 23.6 Å². The number of hydrogen-bond donors (Lipinski definition) is 2. The van der Waals surface area contributed by atoms with E-state index in [1.54, 1.807) is 24.3 Å². The standard InChI is InChI=1S/C21H26ClN3O2/c1-25(2)14-6-13-23-21(27)19(15-16-7-4-3-5-8-16)24-20(26)17-9-11-18(22)12-10-17/h3-5,7-12,19H,6,13-15H2,1-2H3,(H,23,27)(H,24,26). The third-order valence-corrected chi connectivity index (χ3v) is 4.34. The number of carbonyl (C=O) groups excluding carboxylic acids is 2. The molecule has 0 saturated carbocycles. The summed E-state index contributed by atoms with van der Waals surface area (Å²) >= 11 is 5.87. The highest BCUT2D eigenvalue weighted by atomic mass is 35.5. The maximum atomic E-state index is 12.7. The maximum absolute atomic E-state index is 12.7. The van der Waals surface area contributed by atoms with E-state index in [1.807, 2.05) is 44.4 Å². The molecule has 144 valence electrons. The zero-order chi connectivity index (χ0) is 19.6. The summed E-state index contributed by atoms with van der Waals surface area (Å²) < 4.78 is 0. The second-order valence-corrected chi connectivity index (χ2v) is 7.11. The number of nitrogens with one attached hydrogen (secondary N) is 2. The van der Waals surface area contributed by atoms with Crippen molar-refractivity contribution < 1.29 is 9.59 Å². The predicted octanol–water partition coefficient (Wildman–Crippen LogP) is 2.75. The van der Waals surface area contributed by atoms with Gasteiger partial charge in [0.05, 0.1) is 0 Å². The first-order chi connectivity index (χ1) is 13.0. The Bertz CT molecular complexity index is 733. The van der Waals surface area contributed by atoms with E-state index in [9.17, 15) is 9.59 Å². The van der Waals surface area contributed by atoms with Gasteiger partial charge < -0.3 is 15.5 Å². The lowest BCUT2D eigenvalue weighted by atomic mass is 10.0. The Balaban J connectivity index is 2.03. The Morgan fingerprint density at radius 2 is 1.70 bits per heavy atom. The topological polar surface area (TPSA) is 61.4 Å². The molecule has 0 saturated heterocycles. The second-order valence-electron chi connectivity index (χ2n) is 6.67. The first kappa shape index (κ1) is 20.9. The van der Waals surface area contributed by atoms with Crippen molar-refractivity contribution >= 4 is 23.4 Å². The fourth-order valence-electron chi connectivity index (χ4n) is 2.63. The molecule has 0 spiro atoms. The minimum atomic E-state index is -0.644. The predicted molar refractivity (Wildman–Crippen MR) is 109 cm³/mol. The molecule has 1 atom stereocenters. The average molecular weight is 388 g/mol. The monoisotopic (exact) mass is 387 g/mol. The van der Waals surface area contributed by atoms with Gasteiger partial charge in [-0.25, -0.2) is 0 Å². The SMILES string of the molecule is CN(C)CCCNC(=O)C(Cc1ccccc1)NC(=O)c1ccc(Cl)cc1. The first-order valence-corrected chi connectivity index (χ1v) is 9.36. The highest BCUT2D eigenvalue weighted by Crippen LogP contribution is 2.10. The van der Waals surface area contributed by atoms with E-state index in [-0.39, 0.29) is 11.8 Å². The molecular formula is C21H26ClN3O2. The minimum Gasteiger partial charge on any atom is -0.354 e. The fourth-order valence-corrected chi connectivity index (χ4v) is 2.76. The van der Waals surface area contributed by atoms with Crippen molar-refractivity contribution in [3.8, 4) is 0 Å². The van der Waals surface area contributed by atoms with Crippen molar-refractivity contribution in [1.29, 1.82) is 0 Å². The van der Waals surface area contributed by atoms with E-state index < -0.39 is 6.04 Å². The number of nitrogens with zero attached hydrogens (tertiary/aromatic N) is 1. The van der Waals surface area contributed by atoms with Crippen molar-refractivity contribution in [2.75, 3.05) is 27.2 Å². The smallest absolute Gasteiger partial charge is 0.251 e. The van der Waals surface area contributed by atoms with Crippen molar-refractivity contribution in [2.45, 2.75) is 18.9 Å². The van der Waals surface area contributed by atoms with Gasteiger partial charge in [0.15, 0.2) is 0 Å². The Hall–Kier alpha value is -2.37. The van der Waals surface area contributed by atoms with Gasteiger partial charge in [0.25, 0.3) is 5.91 Å². The van der Waals surface area contributed by atoms with Gasteiger partial charge in [-0.3, -0.25) is 9.59 Å². The van der Waals surface area contributed by atoms with E-state index >= 15 is 0 Å². The highest BCUT2D eigenvalue weighted by Gasteiger charge is 2.21. The molecule has 0 bridgehead atoms. The Morgan fingerprint density at radius 3 is 2.33 bits per heavy atom. The van der Waals surface area contributed by atoms with Crippen LogP contribution in [-0.2, 0) is 11.2 Å². The quantitative estimate of drug-likeness (QED) is 0.650. The first-order valence-electron chi connectivity index (χ1n) is 8.98. The van der Waals surface area contributed by atoms with Gasteiger partial charge in [0.2, 0.25) is 5.91 Å². The van der Waals surface area contributed by atoms with Gasteiger partial charge in [-0.2, -0.15) is 0 Å². The van der Waals surface area contributed by atoms with Crippen molar-refractivity contribution in [3.63, 3.8) is 0 Å². The van der Waals surface area contributed by atoms with E-state index in [0.29, 0.717) is 23.6 Å². The Labute approximate surface area is 165 Å². The molecule has 0 aliphatic carbocycles. The lowest BCUT2D eigenvalue weighted by molar-refractivity contribution is -0.122. The molecule has 2 aromatic carbocycles.